The Morgan fingerprint density at radius 3 is 2.90 bits per heavy atom. The van der Waals surface area contributed by atoms with Crippen molar-refractivity contribution in [2.45, 2.75) is 26.8 Å². The molecule has 110 valence electrons. The summed E-state index contributed by atoms with van der Waals surface area (Å²) >= 11 is 0. The molecule has 0 radical (unpaired) electrons. The van der Waals surface area contributed by atoms with E-state index in [1.165, 1.54) is 0 Å². The number of imidazole rings is 1. The summed E-state index contributed by atoms with van der Waals surface area (Å²) in [7, 11) is 1.93. The molecule has 0 aliphatic carbocycles. The van der Waals surface area contributed by atoms with Crippen LogP contribution in [0.1, 0.15) is 25.3 Å². The van der Waals surface area contributed by atoms with E-state index in [1.54, 1.807) is 10.9 Å². The molecule has 7 nitrogen and oxygen atoms in total. The van der Waals surface area contributed by atoms with Crippen LogP contribution in [0.2, 0.25) is 0 Å². The maximum atomic E-state index is 5.33. The molecule has 0 aliphatic rings. The molecule has 0 spiro atoms. The third-order valence-corrected chi connectivity index (χ3v) is 3.13. The van der Waals surface area contributed by atoms with E-state index in [1.807, 2.05) is 30.1 Å². The fourth-order valence-corrected chi connectivity index (χ4v) is 2.20. The van der Waals surface area contributed by atoms with Crippen molar-refractivity contribution in [3.05, 3.63) is 36.1 Å². The molecule has 0 bridgehead atoms. The van der Waals surface area contributed by atoms with Crippen LogP contribution in [0.25, 0.3) is 11.5 Å². The highest BCUT2D eigenvalue weighted by atomic mass is 16.5. The van der Waals surface area contributed by atoms with Gasteiger partial charge in [-0.2, -0.15) is 0 Å². The summed E-state index contributed by atoms with van der Waals surface area (Å²) in [5.41, 5.74) is 1.72. The van der Waals surface area contributed by atoms with Crippen molar-refractivity contribution in [2.75, 3.05) is 0 Å². The Hall–Kier alpha value is -2.44. The minimum absolute atomic E-state index is 0.516. The third kappa shape index (κ3) is 3.01. The molecule has 21 heavy (non-hydrogen) atoms. The van der Waals surface area contributed by atoms with Gasteiger partial charge < -0.3 is 9.09 Å². The van der Waals surface area contributed by atoms with Gasteiger partial charge in [0.05, 0.1) is 11.9 Å². The molecule has 3 heterocycles. The minimum Gasteiger partial charge on any atom is -0.359 e. The predicted octanol–water partition coefficient (Wildman–Crippen LogP) is 1.91. The van der Waals surface area contributed by atoms with Crippen LogP contribution in [-0.2, 0) is 20.0 Å². The van der Waals surface area contributed by atoms with Gasteiger partial charge in [0.2, 0.25) is 0 Å². The highest BCUT2D eigenvalue weighted by Crippen LogP contribution is 2.14. The summed E-state index contributed by atoms with van der Waals surface area (Å²) < 4.78 is 8.97. The number of hydrogen-bond donors (Lipinski definition) is 0. The fourth-order valence-electron chi connectivity index (χ4n) is 2.20. The van der Waals surface area contributed by atoms with Crippen LogP contribution in [0.15, 0.2) is 29.2 Å². The zero-order valence-electron chi connectivity index (χ0n) is 12.4. The molecule has 0 saturated heterocycles. The van der Waals surface area contributed by atoms with Crippen molar-refractivity contribution in [1.82, 2.24) is 29.7 Å². The predicted molar refractivity (Wildman–Crippen MR) is 76.4 cm³/mol. The normalized spacial score (nSPS) is 11.4. The zero-order chi connectivity index (χ0) is 14.8. The van der Waals surface area contributed by atoms with Gasteiger partial charge in [0.15, 0.2) is 11.6 Å². The van der Waals surface area contributed by atoms with E-state index >= 15 is 0 Å². The van der Waals surface area contributed by atoms with E-state index in [0.717, 1.165) is 29.4 Å². The van der Waals surface area contributed by atoms with Crippen molar-refractivity contribution < 1.29 is 4.52 Å². The second kappa shape index (κ2) is 5.51. The van der Waals surface area contributed by atoms with Crippen LogP contribution in [0.3, 0.4) is 0 Å². The number of rotatable bonds is 5. The SMILES string of the molecule is CC(C)Cc1cc(Cn2cc(-c3nccn3C)nn2)on1. The molecule has 0 fully saturated rings. The first-order valence-corrected chi connectivity index (χ1v) is 6.94. The van der Waals surface area contributed by atoms with Gasteiger partial charge in [-0.25, -0.2) is 9.67 Å². The van der Waals surface area contributed by atoms with Crippen molar-refractivity contribution in [1.29, 1.82) is 0 Å². The number of aryl methyl sites for hydroxylation is 1. The molecule has 0 amide bonds. The largest absolute Gasteiger partial charge is 0.359 e. The summed E-state index contributed by atoms with van der Waals surface area (Å²) in [5.74, 6) is 2.13. The summed E-state index contributed by atoms with van der Waals surface area (Å²) in [4.78, 5) is 4.25. The van der Waals surface area contributed by atoms with Crippen molar-refractivity contribution in [2.24, 2.45) is 13.0 Å². The summed E-state index contributed by atoms with van der Waals surface area (Å²) in [6.45, 7) is 4.83. The van der Waals surface area contributed by atoms with Gasteiger partial charge in [0, 0.05) is 25.5 Å². The first kappa shape index (κ1) is 13.5. The van der Waals surface area contributed by atoms with E-state index in [0.29, 0.717) is 12.5 Å². The molecule has 0 atom stereocenters. The average molecular weight is 286 g/mol. The van der Waals surface area contributed by atoms with Crippen LogP contribution < -0.4 is 0 Å². The molecule has 7 heteroatoms. The highest BCUT2D eigenvalue weighted by Gasteiger charge is 2.11. The quantitative estimate of drug-likeness (QED) is 0.716. The van der Waals surface area contributed by atoms with E-state index in [-0.39, 0.29) is 0 Å². The summed E-state index contributed by atoms with van der Waals surface area (Å²) in [6.07, 6.45) is 6.39. The smallest absolute Gasteiger partial charge is 0.161 e. The maximum Gasteiger partial charge on any atom is 0.161 e. The third-order valence-electron chi connectivity index (χ3n) is 3.13. The molecule has 0 aliphatic heterocycles. The maximum absolute atomic E-state index is 5.33. The van der Waals surface area contributed by atoms with E-state index in [2.05, 4.69) is 34.3 Å². The minimum atomic E-state index is 0.516. The van der Waals surface area contributed by atoms with Gasteiger partial charge >= 0.3 is 0 Å². The van der Waals surface area contributed by atoms with Gasteiger partial charge in [0.1, 0.15) is 12.2 Å². The highest BCUT2D eigenvalue weighted by molar-refractivity contribution is 5.47. The van der Waals surface area contributed by atoms with Gasteiger partial charge in [-0.3, -0.25) is 0 Å². The van der Waals surface area contributed by atoms with E-state index in [4.69, 9.17) is 4.52 Å². The lowest BCUT2D eigenvalue weighted by Crippen LogP contribution is -1.99. The second-order valence-electron chi connectivity index (χ2n) is 5.55. The number of nitrogens with zero attached hydrogens (tertiary/aromatic N) is 6. The molecular formula is C14H18N6O. The molecular weight excluding hydrogens is 268 g/mol. The number of hydrogen-bond acceptors (Lipinski definition) is 5. The summed E-state index contributed by atoms with van der Waals surface area (Å²) in [6, 6.07) is 1.97. The van der Waals surface area contributed by atoms with Crippen LogP contribution in [0.4, 0.5) is 0 Å². The van der Waals surface area contributed by atoms with E-state index in [9.17, 15) is 0 Å². The lowest BCUT2D eigenvalue weighted by Gasteiger charge is -1.97. The molecule has 3 rings (SSSR count). The molecule has 3 aromatic rings. The van der Waals surface area contributed by atoms with Gasteiger partial charge in [-0.15, -0.1) is 5.10 Å². The fraction of sp³-hybridized carbons (Fsp3) is 0.429. The topological polar surface area (TPSA) is 74.6 Å². The Balaban J connectivity index is 1.73. The monoisotopic (exact) mass is 286 g/mol. The average Bonchev–Trinajstić information content (AvgIpc) is 3.11. The Bertz CT molecular complexity index is 723. The lowest BCUT2D eigenvalue weighted by atomic mass is 10.1. The van der Waals surface area contributed by atoms with Crippen molar-refractivity contribution >= 4 is 0 Å². The van der Waals surface area contributed by atoms with Crippen LogP contribution in [0, 0.1) is 5.92 Å². The Morgan fingerprint density at radius 1 is 1.33 bits per heavy atom. The summed E-state index contributed by atoms with van der Waals surface area (Å²) in [5, 5.41) is 12.3. The molecule has 0 N–H and O–H groups in total. The van der Waals surface area contributed by atoms with Gasteiger partial charge in [0.25, 0.3) is 0 Å². The first-order valence-electron chi connectivity index (χ1n) is 6.94. The van der Waals surface area contributed by atoms with Crippen LogP contribution in [0.5, 0.6) is 0 Å². The van der Waals surface area contributed by atoms with E-state index < -0.39 is 0 Å². The van der Waals surface area contributed by atoms with Gasteiger partial charge in [-0.1, -0.05) is 24.2 Å². The molecule has 0 aromatic carbocycles. The van der Waals surface area contributed by atoms with Gasteiger partial charge in [-0.05, 0) is 12.3 Å². The van der Waals surface area contributed by atoms with Crippen LogP contribution in [-0.4, -0.2) is 29.7 Å². The molecule has 0 saturated carbocycles. The number of aromatic nitrogens is 6. The zero-order valence-corrected chi connectivity index (χ0v) is 12.4. The second-order valence-corrected chi connectivity index (χ2v) is 5.55. The van der Waals surface area contributed by atoms with Crippen molar-refractivity contribution in [3.63, 3.8) is 0 Å². The molecule has 3 aromatic heterocycles. The first-order chi connectivity index (χ1) is 10.1. The molecule has 0 unspecified atom stereocenters. The van der Waals surface area contributed by atoms with Crippen LogP contribution >= 0.6 is 0 Å². The Labute approximate surface area is 122 Å². The lowest BCUT2D eigenvalue weighted by molar-refractivity contribution is 0.362. The Kier molecular flexibility index (Phi) is 3.55. The standard InChI is InChI=1S/C14H18N6O/c1-10(2)6-11-7-12(21-17-11)8-20-9-13(16-18-20)14-15-4-5-19(14)3/h4-5,7,9-10H,6,8H2,1-3H3. The Morgan fingerprint density at radius 2 is 2.19 bits per heavy atom. The van der Waals surface area contributed by atoms with Crippen molar-refractivity contribution in [3.8, 4) is 11.5 Å².